The Hall–Kier alpha value is -2.82. The Bertz CT molecular complexity index is 819. The zero-order chi connectivity index (χ0) is 20.1. The summed E-state index contributed by atoms with van der Waals surface area (Å²) in [5, 5.41) is 0. The van der Waals surface area contributed by atoms with Crippen molar-refractivity contribution in [3.05, 3.63) is 65.7 Å². The summed E-state index contributed by atoms with van der Waals surface area (Å²) in [6.45, 7) is 4.77. The van der Waals surface area contributed by atoms with Crippen LogP contribution in [0.5, 0.6) is 0 Å². The Kier molecular flexibility index (Phi) is 6.13. The minimum atomic E-state index is 0.0477. The minimum absolute atomic E-state index is 0.0477. The van der Waals surface area contributed by atoms with Gasteiger partial charge in [0.05, 0.1) is 0 Å². The van der Waals surface area contributed by atoms with Gasteiger partial charge in [-0.15, -0.1) is 0 Å². The molecule has 0 saturated carbocycles. The molecule has 2 amide bonds. The third-order valence-electron chi connectivity index (χ3n) is 5.96. The zero-order valence-electron chi connectivity index (χ0n) is 16.9. The van der Waals surface area contributed by atoms with Gasteiger partial charge in [0.15, 0.2) is 0 Å². The van der Waals surface area contributed by atoms with Crippen molar-refractivity contribution in [1.29, 1.82) is 0 Å². The molecule has 2 aromatic rings. The predicted octanol–water partition coefficient (Wildman–Crippen LogP) is 3.67. The predicted molar refractivity (Wildman–Crippen MR) is 115 cm³/mol. The number of nitrogens with zero attached hydrogens (tertiary/aromatic N) is 3. The van der Waals surface area contributed by atoms with E-state index in [1.165, 1.54) is 18.5 Å². The van der Waals surface area contributed by atoms with Crippen LogP contribution in [0.3, 0.4) is 0 Å². The van der Waals surface area contributed by atoms with E-state index in [0.717, 1.165) is 39.0 Å². The molecule has 29 heavy (non-hydrogen) atoms. The van der Waals surface area contributed by atoms with Gasteiger partial charge in [-0.2, -0.15) is 0 Å². The quantitative estimate of drug-likeness (QED) is 0.802. The number of hydrogen-bond acceptors (Lipinski definition) is 3. The highest BCUT2D eigenvalue weighted by Crippen LogP contribution is 2.18. The number of piperazine rings is 1. The molecule has 0 unspecified atom stereocenters. The van der Waals surface area contributed by atoms with E-state index in [1.807, 2.05) is 28.0 Å². The molecular weight excluding hydrogens is 362 g/mol. The van der Waals surface area contributed by atoms with E-state index >= 15 is 0 Å². The van der Waals surface area contributed by atoms with Gasteiger partial charge in [0, 0.05) is 56.1 Å². The topological polar surface area (TPSA) is 43.9 Å². The Balaban J connectivity index is 1.35. The molecule has 2 heterocycles. The molecule has 0 radical (unpaired) electrons. The molecule has 0 aliphatic carbocycles. The fourth-order valence-electron chi connectivity index (χ4n) is 4.20. The number of amides is 2. The fourth-order valence-corrected chi connectivity index (χ4v) is 4.20. The number of anilines is 1. The highest BCUT2D eigenvalue weighted by atomic mass is 16.2. The van der Waals surface area contributed by atoms with Crippen LogP contribution in [0.4, 0.5) is 5.69 Å². The molecule has 0 bridgehead atoms. The smallest absolute Gasteiger partial charge is 0.253 e. The maximum Gasteiger partial charge on any atom is 0.253 e. The molecule has 0 N–H and O–H groups in total. The molecule has 2 saturated heterocycles. The summed E-state index contributed by atoms with van der Waals surface area (Å²) in [5.74, 6) is 0.133. The first-order chi connectivity index (χ1) is 14.2. The lowest BCUT2D eigenvalue weighted by molar-refractivity contribution is 0.0740. The van der Waals surface area contributed by atoms with Crippen LogP contribution >= 0.6 is 0 Å². The van der Waals surface area contributed by atoms with Gasteiger partial charge >= 0.3 is 0 Å². The van der Waals surface area contributed by atoms with Crippen molar-refractivity contribution >= 4 is 17.5 Å². The average molecular weight is 392 g/mol. The number of likely N-dealkylation sites (tertiary alicyclic amines) is 1. The summed E-state index contributed by atoms with van der Waals surface area (Å²) in [6.07, 6.45) is 4.57. The van der Waals surface area contributed by atoms with Crippen LogP contribution in [0.1, 0.15) is 46.4 Å². The lowest BCUT2D eigenvalue weighted by atomic mass is 10.1. The number of rotatable bonds is 3. The molecule has 0 aromatic heterocycles. The first-order valence-corrected chi connectivity index (χ1v) is 10.7. The van der Waals surface area contributed by atoms with Gasteiger partial charge in [-0.1, -0.05) is 31.0 Å². The molecule has 5 heteroatoms. The Labute approximate surface area is 172 Å². The van der Waals surface area contributed by atoms with Gasteiger partial charge in [0.25, 0.3) is 11.8 Å². The first kappa shape index (κ1) is 19.5. The van der Waals surface area contributed by atoms with Crippen molar-refractivity contribution in [1.82, 2.24) is 9.80 Å². The SMILES string of the molecule is O=C(c1ccc(C(=O)N2CCN(c3ccccc3)CC2)cc1)N1CCCCCC1. The van der Waals surface area contributed by atoms with Crippen molar-refractivity contribution in [2.75, 3.05) is 44.2 Å². The number of hydrogen-bond donors (Lipinski definition) is 0. The van der Waals surface area contributed by atoms with Crippen LogP contribution < -0.4 is 4.90 Å². The van der Waals surface area contributed by atoms with Gasteiger partial charge in [-0.05, 0) is 49.2 Å². The summed E-state index contributed by atoms with van der Waals surface area (Å²) in [7, 11) is 0. The molecule has 0 atom stereocenters. The maximum absolute atomic E-state index is 12.9. The highest BCUT2D eigenvalue weighted by Gasteiger charge is 2.23. The molecule has 4 rings (SSSR count). The van der Waals surface area contributed by atoms with Crippen LogP contribution in [0.2, 0.25) is 0 Å². The zero-order valence-corrected chi connectivity index (χ0v) is 16.9. The summed E-state index contributed by atoms with van der Waals surface area (Å²) < 4.78 is 0. The van der Waals surface area contributed by atoms with Crippen LogP contribution in [-0.2, 0) is 0 Å². The molecule has 152 valence electrons. The van der Waals surface area contributed by atoms with Gasteiger partial charge in [-0.3, -0.25) is 9.59 Å². The second-order valence-corrected chi connectivity index (χ2v) is 7.90. The molecule has 2 fully saturated rings. The molecule has 2 aromatic carbocycles. The molecule has 0 spiro atoms. The summed E-state index contributed by atoms with van der Waals surface area (Å²) >= 11 is 0. The van der Waals surface area contributed by atoms with Crippen LogP contribution in [0, 0.1) is 0 Å². The number of benzene rings is 2. The molecule has 2 aliphatic heterocycles. The van der Waals surface area contributed by atoms with E-state index in [-0.39, 0.29) is 11.8 Å². The summed E-state index contributed by atoms with van der Waals surface area (Å²) in [4.78, 5) is 31.8. The van der Waals surface area contributed by atoms with E-state index in [9.17, 15) is 9.59 Å². The van der Waals surface area contributed by atoms with Gasteiger partial charge in [-0.25, -0.2) is 0 Å². The van der Waals surface area contributed by atoms with Gasteiger partial charge < -0.3 is 14.7 Å². The fraction of sp³-hybridized carbons (Fsp3) is 0.417. The van der Waals surface area contributed by atoms with Gasteiger partial charge in [0.1, 0.15) is 0 Å². The molecule has 2 aliphatic rings. The van der Waals surface area contributed by atoms with Crippen molar-refractivity contribution in [3.63, 3.8) is 0 Å². The lowest BCUT2D eigenvalue weighted by Crippen LogP contribution is -2.48. The van der Waals surface area contributed by atoms with Crippen LogP contribution in [0.25, 0.3) is 0 Å². The number of carbonyl (C=O) groups excluding carboxylic acids is 2. The number of para-hydroxylation sites is 1. The highest BCUT2D eigenvalue weighted by molar-refractivity contribution is 5.98. The van der Waals surface area contributed by atoms with E-state index in [1.54, 1.807) is 24.3 Å². The van der Waals surface area contributed by atoms with Crippen molar-refractivity contribution < 1.29 is 9.59 Å². The third kappa shape index (κ3) is 4.61. The largest absolute Gasteiger partial charge is 0.368 e. The maximum atomic E-state index is 12.9. The number of carbonyl (C=O) groups is 2. The van der Waals surface area contributed by atoms with E-state index in [0.29, 0.717) is 24.2 Å². The van der Waals surface area contributed by atoms with Crippen LogP contribution in [-0.4, -0.2) is 60.9 Å². The Morgan fingerprint density at radius 2 is 1.03 bits per heavy atom. The van der Waals surface area contributed by atoms with Crippen molar-refractivity contribution in [3.8, 4) is 0 Å². The third-order valence-corrected chi connectivity index (χ3v) is 5.96. The van der Waals surface area contributed by atoms with Crippen LogP contribution in [0.15, 0.2) is 54.6 Å². The average Bonchev–Trinajstić information content (AvgIpc) is 3.09. The van der Waals surface area contributed by atoms with E-state index < -0.39 is 0 Å². The van der Waals surface area contributed by atoms with E-state index in [2.05, 4.69) is 17.0 Å². The van der Waals surface area contributed by atoms with Crippen molar-refractivity contribution in [2.24, 2.45) is 0 Å². The summed E-state index contributed by atoms with van der Waals surface area (Å²) in [6, 6.07) is 17.5. The second kappa shape index (κ2) is 9.12. The second-order valence-electron chi connectivity index (χ2n) is 7.90. The summed E-state index contributed by atoms with van der Waals surface area (Å²) in [5.41, 5.74) is 2.54. The monoisotopic (exact) mass is 391 g/mol. The Morgan fingerprint density at radius 1 is 0.552 bits per heavy atom. The van der Waals surface area contributed by atoms with Crippen molar-refractivity contribution in [2.45, 2.75) is 25.7 Å². The normalized spacial score (nSPS) is 17.7. The van der Waals surface area contributed by atoms with Gasteiger partial charge in [0.2, 0.25) is 0 Å². The standard InChI is InChI=1S/C24H29N3O2/c28-23(26-14-6-1-2-7-15-26)20-10-12-21(13-11-20)24(29)27-18-16-25(17-19-27)22-8-4-3-5-9-22/h3-5,8-13H,1-2,6-7,14-19H2. The molecular formula is C24H29N3O2. The first-order valence-electron chi connectivity index (χ1n) is 10.7. The molecule has 5 nitrogen and oxygen atoms in total. The lowest BCUT2D eigenvalue weighted by Gasteiger charge is -2.36. The van der Waals surface area contributed by atoms with E-state index in [4.69, 9.17) is 0 Å². The Morgan fingerprint density at radius 3 is 1.55 bits per heavy atom. The minimum Gasteiger partial charge on any atom is -0.368 e.